The first-order chi connectivity index (χ1) is 5.66. The Bertz CT molecular complexity index is 185. The molecule has 1 rings (SSSR count). The van der Waals surface area contributed by atoms with Crippen LogP contribution in [-0.2, 0) is 9.59 Å². The molecule has 1 saturated heterocycles. The van der Waals surface area contributed by atoms with Gasteiger partial charge in [-0.25, -0.2) is 0 Å². The Balaban J connectivity index is 2.38. The Kier molecular flexibility index (Phi) is 2.81. The van der Waals surface area contributed by atoms with E-state index >= 15 is 0 Å². The molecule has 0 aromatic carbocycles. The summed E-state index contributed by atoms with van der Waals surface area (Å²) in [6.07, 6.45) is 1.87. The maximum Gasteiger partial charge on any atom is 0.226 e. The Hall–Kier alpha value is -0.900. The largest absolute Gasteiger partial charge is 0.316 e. The molecule has 0 bridgehead atoms. The number of rotatable bonds is 3. The van der Waals surface area contributed by atoms with Gasteiger partial charge in [-0.05, 0) is 18.4 Å². The van der Waals surface area contributed by atoms with Gasteiger partial charge in [-0.3, -0.25) is 14.9 Å². The third kappa shape index (κ3) is 2.30. The second-order valence-electron chi connectivity index (χ2n) is 3.60. The van der Waals surface area contributed by atoms with E-state index in [0.29, 0.717) is 12.8 Å². The molecule has 1 heterocycles. The third-order valence-corrected chi connectivity index (χ3v) is 2.26. The Labute approximate surface area is 71.7 Å². The van der Waals surface area contributed by atoms with Crippen LogP contribution in [0, 0.1) is 5.41 Å². The second kappa shape index (κ2) is 3.67. The SMILES string of the molecule is CC1(CC(=O)NC=O)CCNC1. The molecule has 0 saturated carbocycles. The second-order valence-corrected chi connectivity index (χ2v) is 3.60. The Morgan fingerprint density at radius 3 is 3.00 bits per heavy atom. The zero-order valence-electron chi connectivity index (χ0n) is 7.22. The number of amides is 2. The first-order valence-electron chi connectivity index (χ1n) is 4.10. The molecular weight excluding hydrogens is 156 g/mol. The third-order valence-electron chi connectivity index (χ3n) is 2.26. The lowest BCUT2D eigenvalue weighted by molar-refractivity contribution is -0.126. The van der Waals surface area contributed by atoms with Gasteiger partial charge < -0.3 is 5.32 Å². The minimum Gasteiger partial charge on any atom is -0.316 e. The summed E-state index contributed by atoms with van der Waals surface area (Å²) in [5.74, 6) is -0.184. The van der Waals surface area contributed by atoms with Crippen molar-refractivity contribution < 1.29 is 9.59 Å². The summed E-state index contributed by atoms with van der Waals surface area (Å²) < 4.78 is 0. The van der Waals surface area contributed by atoms with E-state index in [0.717, 1.165) is 19.5 Å². The number of carbonyl (C=O) groups excluding carboxylic acids is 2. The highest BCUT2D eigenvalue weighted by atomic mass is 16.2. The summed E-state index contributed by atoms with van der Waals surface area (Å²) in [6.45, 7) is 3.88. The van der Waals surface area contributed by atoms with Gasteiger partial charge >= 0.3 is 0 Å². The fourth-order valence-electron chi connectivity index (χ4n) is 1.52. The average Bonchev–Trinajstić information content (AvgIpc) is 2.36. The van der Waals surface area contributed by atoms with Gasteiger partial charge in [0.15, 0.2) is 0 Å². The quantitative estimate of drug-likeness (QED) is 0.569. The molecule has 1 aliphatic heterocycles. The van der Waals surface area contributed by atoms with Crippen molar-refractivity contribution in [1.29, 1.82) is 0 Å². The van der Waals surface area contributed by atoms with Crippen LogP contribution in [0.4, 0.5) is 0 Å². The van der Waals surface area contributed by atoms with E-state index < -0.39 is 0 Å². The summed E-state index contributed by atoms with van der Waals surface area (Å²) >= 11 is 0. The molecule has 4 nitrogen and oxygen atoms in total. The molecular formula is C8H14N2O2. The van der Waals surface area contributed by atoms with Crippen molar-refractivity contribution in [3.05, 3.63) is 0 Å². The van der Waals surface area contributed by atoms with Gasteiger partial charge in [0, 0.05) is 13.0 Å². The minimum atomic E-state index is -0.184. The van der Waals surface area contributed by atoms with Gasteiger partial charge in [0.05, 0.1) is 0 Å². The predicted octanol–water partition coefficient (Wildman–Crippen LogP) is -0.351. The standard InChI is InChI=1S/C8H14N2O2/c1-8(2-3-9-5-8)4-7(12)10-6-11/h6,9H,2-5H2,1H3,(H,10,11,12). The van der Waals surface area contributed by atoms with Crippen molar-refractivity contribution >= 4 is 12.3 Å². The van der Waals surface area contributed by atoms with Crippen LogP contribution < -0.4 is 10.6 Å². The average molecular weight is 170 g/mol. The number of imide groups is 1. The molecule has 2 N–H and O–H groups in total. The predicted molar refractivity (Wildman–Crippen MR) is 44.4 cm³/mol. The van der Waals surface area contributed by atoms with Crippen LogP contribution >= 0.6 is 0 Å². The Morgan fingerprint density at radius 2 is 2.50 bits per heavy atom. The first kappa shape index (κ1) is 9.19. The van der Waals surface area contributed by atoms with Gasteiger partial charge in [0.25, 0.3) is 0 Å². The maximum atomic E-state index is 11.0. The van der Waals surface area contributed by atoms with E-state index in [1.165, 1.54) is 0 Å². The minimum absolute atomic E-state index is 0.0348. The van der Waals surface area contributed by atoms with Gasteiger partial charge in [0.1, 0.15) is 0 Å². The van der Waals surface area contributed by atoms with Gasteiger partial charge in [0.2, 0.25) is 12.3 Å². The van der Waals surface area contributed by atoms with Gasteiger partial charge in [-0.2, -0.15) is 0 Å². The molecule has 0 aromatic heterocycles. The van der Waals surface area contributed by atoms with Crippen LogP contribution in [0.2, 0.25) is 0 Å². The zero-order valence-corrected chi connectivity index (χ0v) is 7.22. The summed E-state index contributed by atoms with van der Waals surface area (Å²) in [6, 6.07) is 0. The Morgan fingerprint density at radius 1 is 1.75 bits per heavy atom. The van der Waals surface area contributed by atoms with E-state index in [4.69, 9.17) is 0 Å². The van der Waals surface area contributed by atoms with E-state index in [1.807, 2.05) is 0 Å². The van der Waals surface area contributed by atoms with Gasteiger partial charge in [-0.15, -0.1) is 0 Å². The fraction of sp³-hybridized carbons (Fsp3) is 0.750. The molecule has 12 heavy (non-hydrogen) atoms. The summed E-state index contributed by atoms with van der Waals surface area (Å²) in [7, 11) is 0. The van der Waals surface area contributed by atoms with E-state index in [-0.39, 0.29) is 11.3 Å². The lowest BCUT2D eigenvalue weighted by atomic mass is 9.86. The van der Waals surface area contributed by atoms with Crippen molar-refractivity contribution in [1.82, 2.24) is 10.6 Å². The zero-order chi connectivity index (χ0) is 9.03. The highest BCUT2D eigenvalue weighted by Gasteiger charge is 2.30. The fourth-order valence-corrected chi connectivity index (χ4v) is 1.52. The van der Waals surface area contributed by atoms with Crippen LogP contribution in [0.3, 0.4) is 0 Å². The van der Waals surface area contributed by atoms with Crippen molar-refractivity contribution in [2.24, 2.45) is 5.41 Å². The van der Waals surface area contributed by atoms with Crippen LogP contribution in [0.5, 0.6) is 0 Å². The first-order valence-corrected chi connectivity index (χ1v) is 4.10. The van der Waals surface area contributed by atoms with Gasteiger partial charge in [-0.1, -0.05) is 6.92 Å². The lowest BCUT2D eigenvalue weighted by Crippen LogP contribution is -2.30. The van der Waals surface area contributed by atoms with Crippen LogP contribution in [0.25, 0.3) is 0 Å². The van der Waals surface area contributed by atoms with E-state index in [9.17, 15) is 9.59 Å². The molecule has 0 spiro atoms. The number of carbonyl (C=O) groups is 2. The maximum absolute atomic E-state index is 11.0. The molecule has 1 aliphatic rings. The highest BCUT2D eigenvalue weighted by molar-refractivity contribution is 5.86. The van der Waals surface area contributed by atoms with E-state index in [2.05, 4.69) is 17.6 Å². The molecule has 1 atom stereocenters. The normalized spacial score (nSPS) is 28.4. The van der Waals surface area contributed by atoms with Crippen LogP contribution in [0.15, 0.2) is 0 Å². The summed E-state index contributed by atoms with van der Waals surface area (Å²) in [5, 5.41) is 5.34. The number of hydrogen-bond donors (Lipinski definition) is 2. The number of hydrogen-bond acceptors (Lipinski definition) is 3. The molecule has 0 radical (unpaired) electrons. The molecule has 0 aromatic rings. The van der Waals surface area contributed by atoms with Crippen molar-refractivity contribution in [2.75, 3.05) is 13.1 Å². The summed E-state index contributed by atoms with van der Waals surface area (Å²) in [4.78, 5) is 21.0. The van der Waals surface area contributed by atoms with Crippen molar-refractivity contribution in [2.45, 2.75) is 19.8 Å². The molecule has 1 unspecified atom stereocenters. The summed E-state index contributed by atoms with van der Waals surface area (Å²) in [5.41, 5.74) is 0.0348. The van der Waals surface area contributed by atoms with Crippen molar-refractivity contribution in [3.63, 3.8) is 0 Å². The van der Waals surface area contributed by atoms with Crippen molar-refractivity contribution in [3.8, 4) is 0 Å². The van der Waals surface area contributed by atoms with E-state index in [1.54, 1.807) is 0 Å². The molecule has 0 aliphatic carbocycles. The highest BCUT2D eigenvalue weighted by Crippen LogP contribution is 2.28. The lowest BCUT2D eigenvalue weighted by Gasteiger charge is -2.20. The molecule has 4 heteroatoms. The number of nitrogens with one attached hydrogen (secondary N) is 2. The smallest absolute Gasteiger partial charge is 0.226 e. The molecule has 2 amide bonds. The van der Waals surface area contributed by atoms with Crippen LogP contribution in [0.1, 0.15) is 19.8 Å². The topological polar surface area (TPSA) is 58.2 Å². The molecule has 68 valence electrons. The van der Waals surface area contributed by atoms with Crippen LogP contribution in [-0.4, -0.2) is 25.4 Å². The monoisotopic (exact) mass is 170 g/mol. The molecule has 1 fully saturated rings.